The molecule has 1 unspecified atom stereocenters. The number of hydrogen-bond donors (Lipinski definition) is 1. The summed E-state index contributed by atoms with van der Waals surface area (Å²) in [5.41, 5.74) is 3.26. The predicted molar refractivity (Wildman–Crippen MR) is 86.9 cm³/mol. The van der Waals surface area contributed by atoms with Crippen molar-refractivity contribution in [2.75, 3.05) is 12.8 Å². The van der Waals surface area contributed by atoms with Crippen molar-refractivity contribution in [3.8, 4) is 0 Å². The third-order valence-corrected chi connectivity index (χ3v) is 3.67. The highest BCUT2D eigenvalue weighted by atomic mass is 79.9. The van der Waals surface area contributed by atoms with E-state index in [0.717, 1.165) is 22.9 Å². The van der Waals surface area contributed by atoms with Gasteiger partial charge < -0.3 is 5.11 Å². The average Bonchev–Trinajstić information content (AvgIpc) is 2.34. The third-order valence-electron chi connectivity index (χ3n) is 2.38. The summed E-state index contributed by atoms with van der Waals surface area (Å²) in [6, 6.07) is 4.12. The highest BCUT2D eigenvalue weighted by Gasteiger charge is 2.06. The van der Waals surface area contributed by atoms with Crippen LogP contribution < -0.4 is 5.30 Å². The van der Waals surface area contributed by atoms with E-state index in [1.54, 1.807) is 0 Å². The minimum atomic E-state index is 0. The van der Waals surface area contributed by atoms with Crippen LogP contribution in [0.5, 0.6) is 0 Å². The van der Waals surface area contributed by atoms with E-state index in [2.05, 4.69) is 25.8 Å². The van der Waals surface area contributed by atoms with Crippen LogP contribution >= 0.6 is 25.6 Å². The molecule has 0 spiro atoms. The molecule has 1 aromatic rings. The van der Waals surface area contributed by atoms with Gasteiger partial charge in [-0.2, -0.15) is 0 Å². The van der Waals surface area contributed by atoms with Crippen molar-refractivity contribution < 1.29 is 5.11 Å². The maximum atomic E-state index is 8.86. The van der Waals surface area contributed by atoms with Crippen LogP contribution in [0.2, 0.25) is 0 Å². The zero-order valence-corrected chi connectivity index (χ0v) is 12.5. The molecule has 0 heterocycles. The van der Waals surface area contributed by atoms with E-state index < -0.39 is 0 Å². The molecular formula is C14H18BrOP. The van der Waals surface area contributed by atoms with Crippen LogP contribution in [0.15, 0.2) is 31.9 Å². The maximum absolute atomic E-state index is 8.86. The Balaban J connectivity index is 0.00000256. The van der Waals surface area contributed by atoms with E-state index in [0.29, 0.717) is 8.58 Å². The first-order valence-corrected chi connectivity index (χ1v) is 6.38. The fraction of sp³-hybridized carbons (Fsp3) is 0.143. The van der Waals surface area contributed by atoms with Gasteiger partial charge in [-0.05, 0) is 28.2 Å². The second-order valence-corrected chi connectivity index (χ2v) is 4.68. The lowest BCUT2D eigenvalue weighted by molar-refractivity contribution is 0.322. The molecule has 1 nitrogen and oxygen atoms in total. The van der Waals surface area contributed by atoms with Crippen LogP contribution in [0.4, 0.5) is 0 Å². The van der Waals surface area contributed by atoms with Crippen LogP contribution in [0.3, 0.4) is 0 Å². The first kappa shape index (κ1) is 16.3. The molecular weight excluding hydrogens is 295 g/mol. The molecule has 0 bridgehead atoms. The van der Waals surface area contributed by atoms with Gasteiger partial charge in [0.1, 0.15) is 0 Å². The molecule has 3 heteroatoms. The zero-order chi connectivity index (χ0) is 12.0. The monoisotopic (exact) mass is 312 g/mol. The summed E-state index contributed by atoms with van der Waals surface area (Å²) in [5.74, 6) is 0. The lowest BCUT2D eigenvalue weighted by Gasteiger charge is -2.11. The summed E-state index contributed by atoms with van der Waals surface area (Å²) in [7, 11) is 0.604. The van der Waals surface area contributed by atoms with Crippen molar-refractivity contribution in [2.45, 2.75) is 0 Å². The van der Waals surface area contributed by atoms with E-state index in [1.165, 1.54) is 5.30 Å². The summed E-state index contributed by atoms with van der Waals surface area (Å²) < 4.78 is 0. The largest absolute Gasteiger partial charge is 0.396 e. The predicted octanol–water partition coefficient (Wildman–Crippen LogP) is 3.49. The minimum Gasteiger partial charge on any atom is -0.396 e. The molecule has 0 aliphatic rings. The summed E-state index contributed by atoms with van der Waals surface area (Å²) >= 11 is 0. The summed E-state index contributed by atoms with van der Waals surface area (Å²) in [5, 5.41) is 10.1. The van der Waals surface area contributed by atoms with Crippen LogP contribution in [0.1, 0.15) is 16.7 Å². The van der Waals surface area contributed by atoms with Gasteiger partial charge in [0.25, 0.3) is 0 Å². The number of aliphatic hydroxyl groups excluding tert-OH is 1. The van der Waals surface area contributed by atoms with E-state index in [-0.39, 0.29) is 23.6 Å². The van der Waals surface area contributed by atoms with Crippen LogP contribution in [0.25, 0.3) is 18.2 Å². The van der Waals surface area contributed by atoms with Crippen LogP contribution in [0, 0.1) is 0 Å². The molecule has 0 saturated heterocycles. The zero-order valence-electron chi connectivity index (χ0n) is 9.78. The van der Waals surface area contributed by atoms with E-state index in [9.17, 15) is 0 Å². The summed E-state index contributed by atoms with van der Waals surface area (Å²) in [6.45, 7) is 11.7. The fourth-order valence-corrected chi connectivity index (χ4v) is 2.63. The number of rotatable bonds is 6. The van der Waals surface area contributed by atoms with Crippen molar-refractivity contribution in [1.29, 1.82) is 0 Å². The molecule has 0 aromatic heterocycles. The van der Waals surface area contributed by atoms with Gasteiger partial charge in [0.2, 0.25) is 0 Å². The summed E-state index contributed by atoms with van der Waals surface area (Å²) in [4.78, 5) is 0. The standard InChI is InChI=1S/C14H17OP.BrH/c1-4-11-7-8-14(16-10-9-15)13(6-3)12(11)5-2;/h4-8,15-16H,1-3,9-10H2;1H. The number of halogens is 1. The molecule has 0 fully saturated rings. The SMILES string of the molecule is Br.C=Cc1ccc(PCCO)c(C=C)c1C=C. The fourth-order valence-electron chi connectivity index (χ4n) is 1.62. The van der Waals surface area contributed by atoms with Crippen molar-refractivity contribution in [3.63, 3.8) is 0 Å². The van der Waals surface area contributed by atoms with Crippen LogP contribution in [-0.2, 0) is 0 Å². The van der Waals surface area contributed by atoms with Gasteiger partial charge in [-0.3, -0.25) is 0 Å². The van der Waals surface area contributed by atoms with Gasteiger partial charge in [0.05, 0.1) is 0 Å². The molecule has 92 valence electrons. The molecule has 0 radical (unpaired) electrons. The molecule has 1 N–H and O–H groups in total. The number of benzene rings is 1. The van der Waals surface area contributed by atoms with Crippen LogP contribution in [-0.4, -0.2) is 17.9 Å². The molecule has 0 aliphatic carbocycles. The molecule has 0 aliphatic heterocycles. The Morgan fingerprint density at radius 2 is 1.71 bits per heavy atom. The van der Waals surface area contributed by atoms with Gasteiger partial charge >= 0.3 is 0 Å². The van der Waals surface area contributed by atoms with Gasteiger partial charge in [-0.15, -0.1) is 17.0 Å². The molecule has 0 saturated carbocycles. The molecule has 1 aromatic carbocycles. The Kier molecular flexibility index (Phi) is 8.07. The molecule has 0 amide bonds. The minimum absolute atomic E-state index is 0. The highest BCUT2D eigenvalue weighted by molar-refractivity contribution is 8.93. The maximum Gasteiger partial charge on any atom is 0.0470 e. The first-order chi connectivity index (χ1) is 7.78. The van der Waals surface area contributed by atoms with E-state index >= 15 is 0 Å². The first-order valence-electron chi connectivity index (χ1n) is 5.17. The van der Waals surface area contributed by atoms with Crippen molar-refractivity contribution in [3.05, 3.63) is 48.6 Å². The highest BCUT2D eigenvalue weighted by Crippen LogP contribution is 2.22. The average molecular weight is 313 g/mol. The normalized spacial score (nSPS) is 9.94. The van der Waals surface area contributed by atoms with Gasteiger partial charge in [-0.25, -0.2) is 0 Å². The molecule has 17 heavy (non-hydrogen) atoms. The Morgan fingerprint density at radius 1 is 1.06 bits per heavy atom. The van der Waals surface area contributed by atoms with Gasteiger partial charge in [0, 0.05) is 6.61 Å². The second-order valence-electron chi connectivity index (χ2n) is 3.29. The number of aliphatic hydroxyl groups is 1. The molecule has 1 atom stereocenters. The van der Waals surface area contributed by atoms with Crippen molar-refractivity contribution >= 4 is 49.1 Å². The van der Waals surface area contributed by atoms with E-state index in [1.807, 2.05) is 24.3 Å². The van der Waals surface area contributed by atoms with Gasteiger partial charge in [0.15, 0.2) is 0 Å². The number of hydrogen-bond acceptors (Lipinski definition) is 1. The Morgan fingerprint density at radius 3 is 2.18 bits per heavy atom. The van der Waals surface area contributed by atoms with Gasteiger partial charge in [-0.1, -0.05) is 58.7 Å². The third kappa shape index (κ3) is 3.92. The lowest BCUT2D eigenvalue weighted by atomic mass is 10.0. The van der Waals surface area contributed by atoms with Crippen molar-refractivity contribution in [2.24, 2.45) is 0 Å². The second kappa shape index (κ2) is 8.41. The molecule has 1 rings (SSSR count). The van der Waals surface area contributed by atoms with E-state index in [4.69, 9.17) is 5.11 Å². The Hall–Kier alpha value is -0.690. The summed E-state index contributed by atoms with van der Waals surface area (Å²) in [6.07, 6.45) is 6.30. The lowest BCUT2D eigenvalue weighted by Crippen LogP contribution is -2.05. The smallest absolute Gasteiger partial charge is 0.0470 e. The Bertz CT molecular complexity index is 413. The quantitative estimate of drug-likeness (QED) is 0.797. The topological polar surface area (TPSA) is 20.2 Å². The van der Waals surface area contributed by atoms with Crippen molar-refractivity contribution in [1.82, 2.24) is 0 Å². The Labute approximate surface area is 116 Å².